The zero-order chi connectivity index (χ0) is 37.1. The van der Waals surface area contributed by atoms with E-state index < -0.39 is 57.8 Å². The lowest BCUT2D eigenvalue weighted by atomic mass is 10.0. The Balaban J connectivity index is 1.35. The molecule has 0 radical (unpaired) electrons. The number of esters is 1. The first-order chi connectivity index (χ1) is 24.1. The van der Waals surface area contributed by atoms with Gasteiger partial charge in [0.1, 0.15) is 47.4 Å². The number of non-ortho nitro benzene ring substituents is 1. The minimum atomic E-state index is -1.05. The number of nitro groups is 1. The molecule has 51 heavy (non-hydrogen) atoms. The van der Waals surface area contributed by atoms with Crippen molar-refractivity contribution in [1.29, 1.82) is 0 Å². The van der Waals surface area contributed by atoms with Crippen molar-refractivity contribution in [2.75, 3.05) is 19.5 Å². The zero-order valence-corrected chi connectivity index (χ0v) is 29.9. The first-order valence-electron chi connectivity index (χ1n) is 16.1. The molecule has 2 aromatic carbocycles. The van der Waals surface area contributed by atoms with E-state index in [1.165, 1.54) is 45.8 Å². The molecule has 0 aromatic heterocycles. The largest absolute Gasteiger partial charge is 0.497 e. The lowest BCUT2D eigenvalue weighted by molar-refractivity contribution is -0.384. The molecule has 272 valence electrons. The molecule has 0 bridgehead atoms. The molecular weight excluding hydrogens is 684 g/mol. The van der Waals surface area contributed by atoms with Gasteiger partial charge in [0.15, 0.2) is 0 Å². The Morgan fingerprint density at radius 2 is 1.69 bits per heavy atom. The molecule has 0 saturated carbocycles. The van der Waals surface area contributed by atoms with E-state index in [0.29, 0.717) is 22.4 Å². The van der Waals surface area contributed by atoms with E-state index >= 15 is 0 Å². The highest BCUT2D eigenvalue weighted by molar-refractivity contribution is 8.00. The highest BCUT2D eigenvalue weighted by Gasteiger charge is 2.55. The molecule has 2 aromatic rings. The second kappa shape index (κ2) is 15.0. The molecule has 16 heteroatoms. The third-order valence-corrected chi connectivity index (χ3v) is 9.44. The summed E-state index contributed by atoms with van der Waals surface area (Å²) in [4.78, 5) is 66.2. The van der Waals surface area contributed by atoms with Crippen LogP contribution in [-0.4, -0.2) is 87.0 Å². The highest BCUT2D eigenvalue weighted by atomic mass is 32.2. The average molecular weight is 725 g/mol. The number of fused-ring (bicyclic) bond motifs is 1. The average Bonchev–Trinajstić information content (AvgIpc) is 3.40. The molecule has 0 spiro atoms. The number of carbonyl (C=O) groups is 4. The van der Waals surface area contributed by atoms with Gasteiger partial charge < -0.3 is 29.0 Å². The molecule has 3 atom stereocenters. The van der Waals surface area contributed by atoms with Crippen molar-refractivity contribution in [1.82, 2.24) is 15.1 Å². The monoisotopic (exact) mass is 724 g/mol. The third kappa shape index (κ3) is 8.63. The highest BCUT2D eigenvalue weighted by Crippen LogP contribution is 2.41. The number of nitro benzene ring substituents is 1. The Kier molecular flexibility index (Phi) is 11.0. The Labute approximate surface area is 299 Å². The predicted molar refractivity (Wildman–Crippen MR) is 184 cm³/mol. The molecule has 2 saturated heterocycles. The standard InChI is InChI=1S/C35H40N4O11S/c1-34(2,3)50-32(42)36-27-29(40)37-28(31(41)47-17-22-9-15-26(46-6)16-10-22)23(20-51-30(27)37)11-14-25-19-49-35(4,5)38(25)33(43)48-18-21-7-12-24(13-8-21)39(44)45/h7-16,25,27,30H,17-20H2,1-6H3,(H,36,42)/b14-11+/t25-,27+,30+/m0/s1. The molecule has 2 fully saturated rings. The number of β-lactam (4-membered cyclic amide) rings is 1. The number of nitrogens with one attached hydrogen (secondary N) is 1. The number of rotatable bonds is 10. The molecular formula is C35H40N4O11S. The summed E-state index contributed by atoms with van der Waals surface area (Å²) >= 11 is 1.36. The maximum Gasteiger partial charge on any atom is 0.412 e. The number of benzene rings is 2. The number of amides is 3. The summed E-state index contributed by atoms with van der Waals surface area (Å²) in [5.74, 6) is -0.304. The van der Waals surface area contributed by atoms with E-state index in [1.807, 2.05) is 0 Å². The van der Waals surface area contributed by atoms with Crippen LogP contribution in [0.2, 0.25) is 0 Å². The SMILES string of the molecule is COc1ccc(COC(=O)C2=C(/C=C/[C@H]3COC(C)(C)N3C(=O)OCc3ccc([N+](=O)[O-])cc3)CS[C@@H]3[C@H](NC(=O)OC(C)(C)C)C(=O)N23)cc1. The molecule has 3 amide bonds. The van der Waals surface area contributed by atoms with Crippen LogP contribution in [-0.2, 0) is 41.8 Å². The van der Waals surface area contributed by atoms with Gasteiger partial charge in [0.05, 0.1) is 24.7 Å². The number of allylic oxidation sites excluding steroid dienone is 1. The van der Waals surface area contributed by atoms with Crippen LogP contribution in [0.1, 0.15) is 45.7 Å². The van der Waals surface area contributed by atoms with Crippen molar-refractivity contribution < 1.29 is 47.8 Å². The zero-order valence-electron chi connectivity index (χ0n) is 29.1. The Morgan fingerprint density at radius 3 is 2.29 bits per heavy atom. The third-order valence-electron chi connectivity index (χ3n) is 8.14. The summed E-state index contributed by atoms with van der Waals surface area (Å²) in [6.07, 6.45) is 1.95. The van der Waals surface area contributed by atoms with Gasteiger partial charge >= 0.3 is 18.2 Å². The number of alkyl carbamates (subject to hydrolysis) is 1. The Hall–Kier alpha value is -5.09. The number of methoxy groups -OCH3 is 1. The minimum absolute atomic E-state index is 0.0289. The second-order valence-corrected chi connectivity index (χ2v) is 14.5. The normalized spacial score (nSPS) is 21.1. The van der Waals surface area contributed by atoms with Crippen molar-refractivity contribution in [3.63, 3.8) is 0 Å². The van der Waals surface area contributed by atoms with Crippen molar-refractivity contribution in [3.8, 4) is 5.75 Å². The Morgan fingerprint density at radius 1 is 1.06 bits per heavy atom. The van der Waals surface area contributed by atoms with Crippen molar-refractivity contribution in [2.45, 2.75) is 76.6 Å². The first kappa shape index (κ1) is 37.2. The summed E-state index contributed by atoms with van der Waals surface area (Å²) in [7, 11) is 1.55. The molecule has 0 unspecified atom stereocenters. The number of hydrogen-bond acceptors (Lipinski definition) is 12. The topological polar surface area (TPSA) is 176 Å². The Bertz CT molecular complexity index is 1740. The molecule has 3 aliphatic rings. The summed E-state index contributed by atoms with van der Waals surface area (Å²) in [5, 5.41) is 13.0. The number of nitrogens with zero attached hydrogens (tertiary/aromatic N) is 3. The van der Waals surface area contributed by atoms with Gasteiger partial charge in [-0.1, -0.05) is 24.3 Å². The van der Waals surface area contributed by atoms with Crippen LogP contribution in [0.4, 0.5) is 15.3 Å². The van der Waals surface area contributed by atoms with Crippen molar-refractivity contribution in [2.24, 2.45) is 0 Å². The van der Waals surface area contributed by atoms with Crippen LogP contribution in [0.25, 0.3) is 0 Å². The molecule has 1 N–H and O–H groups in total. The van der Waals surface area contributed by atoms with E-state index in [-0.39, 0.29) is 37.0 Å². The predicted octanol–water partition coefficient (Wildman–Crippen LogP) is 5.04. The van der Waals surface area contributed by atoms with Gasteiger partial charge in [-0.05, 0) is 75.6 Å². The summed E-state index contributed by atoms with van der Waals surface area (Å²) in [6.45, 7) is 8.51. The summed E-state index contributed by atoms with van der Waals surface area (Å²) in [5.41, 5.74) is -0.120. The van der Waals surface area contributed by atoms with Crippen LogP contribution in [0.15, 0.2) is 72.0 Å². The fourth-order valence-electron chi connectivity index (χ4n) is 5.62. The smallest absolute Gasteiger partial charge is 0.412 e. The van der Waals surface area contributed by atoms with E-state index in [4.69, 9.17) is 23.7 Å². The second-order valence-electron chi connectivity index (χ2n) is 13.4. The van der Waals surface area contributed by atoms with Crippen LogP contribution < -0.4 is 10.1 Å². The molecule has 15 nitrogen and oxygen atoms in total. The van der Waals surface area contributed by atoms with Gasteiger partial charge in [-0.25, -0.2) is 14.4 Å². The van der Waals surface area contributed by atoms with Crippen LogP contribution >= 0.6 is 11.8 Å². The number of hydrogen-bond donors (Lipinski definition) is 1. The minimum Gasteiger partial charge on any atom is -0.497 e. The van der Waals surface area contributed by atoms with E-state index in [0.717, 1.165) is 0 Å². The van der Waals surface area contributed by atoms with E-state index in [2.05, 4.69) is 5.32 Å². The first-order valence-corrected chi connectivity index (χ1v) is 17.1. The molecule has 0 aliphatic carbocycles. The summed E-state index contributed by atoms with van der Waals surface area (Å²) < 4.78 is 27.7. The maximum absolute atomic E-state index is 13.7. The lowest BCUT2D eigenvalue weighted by Crippen LogP contribution is -2.70. The van der Waals surface area contributed by atoms with Crippen LogP contribution in [0.3, 0.4) is 0 Å². The van der Waals surface area contributed by atoms with Crippen molar-refractivity contribution in [3.05, 3.63) is 93.2 Å². The van der Waals surface area contributed by atoms with Gasteiger partial charge in [0, 0.05) is 17.9 Å². The number of ether oxygens (including phenoxy) is 5. The number of thioether (sulfide) groups is 1. The van der Waals surface area contributed by atoms with Crippen LogP contribution in [0, 0.1) is 10.1 Å². The van der Waals surface area contributed by atoms with Gasteiger partial charge in [0.2, 0.25) is 0 Å². The van der Waals surface area contributed by atoms with Gasteiger partial charge in [0.25, 0.3) is 11.6 Å². The fourth-order valence-corrected chi connectivity index (χ4v) is 6.94. The molecule has 3 aliphatic heterocycles. The molecule has 5 rings (SSSR count). The van der Waals surface area contributed by atoms with Gasteiger partial charge in [-0.3, -0.25) is 24.7 Å². The number of carbonyl (C=O) groups excluding carboxylic acids is 4. The van der Waals surface area contributed by atoms with Crippen LogP contribution in [0.5, 0.6) is 5.75 Å². The van der Waals surface area contributed by atoms with Gasteiger partial charge in [-0.2, -0.15) is 0 Å². The fraction of sp³-hybridized carbons (Fsp3) is 0.429. The van der Waals surface area contributed by atoms with E-state index in [9.17, 15) is 29.3 Å². The molecule has 3 heterocycles. The quantitative estimate of drug-likeness (QED) is 0.114. The van der Waals surface area contributed by atoms with Crippen molar-refractivity contribution >= 4 is 41.5 Å². The summed E-state index contributed by atoms with van der Waals surface area (Å²) in [6, 6.07) is 11.2. The van der Waals surface area contributed by atoms with E-state index in [1.54, 1.807) is 78.1 Å². The lowest BCUT2D eigenvalue weighted by Gasteiger charge is -2.49. The van der Waals surface area contributed by atoms with Gasteiger partial charge in [-0.15, -0.1) is 11.8 Å². The maximum atomic E-state index is 13.7.